The lowest BCUT2D eigenvalue weighted by Gasteiger charge is -2.40. The van der Waals surface area contributed by atoms with Crippen LogP contribution in [0.2, 0.25) is 0 Å². The number of nitrogens with one attached hydrogen (secondary N) is 1. The van der Waals surface area contributed by atoms with Gasteiger partial charge in [-0.2, -0.15) is 0 Å². The number of nitrogens with zero attached hydrogens (tertiary/aromatic N) is 1. The number of thioether (sulfide) groups is 1. The maximum atomic E-state index is 13.5. The third-order valence-electron chi connectivity index (χ3n) is 5.09. The number of hydrogen-bond acceptors (Lipinski definition) is 7. The fourth-order valence-electron chi connectivity index (χ4n) is 3.74. The van der Waals surface area contributed by atoms with E-state index < -0.39 is 33.8 Å². The number of para-hydroxylation sites is 3. The van der Waals surface area contributed by atoms with Gasteiger partial charge < -0.3 is 19.9 Å². The molecule has 31 heavy (non-hydrogen) atoms. The van der Waals surface area contributed by atoms with Crippen molar-refractivity contribution in [2.45, 2.75) is 9.77 Å². The average Bonchev–Trinajstić information content (AvgIpc) is 3.37. The number of hydrogen-bond donors (Lipinski definition) is 3. The Labute approximate surface area is 179 Å². The molecule has 3 N–H and O–H groups in total. The summed E-state index contributed by atoms with van der Waals surface area (Å²) in [6, 6.07) is 15.6. The molecular weight excluding hydrogens is 420 g/mol. The van der Waals surface area contributed by atoms with Gasteiger partial charge in [0.05, 0.1) is 23.2 Å². The van der Waals surface area contributed by atoms with E-state index in [1.165, 1.54) is 30.5 Å². The molecule has 2 amide bonds. The summed E-state index contributed by atoms with van der Waals surface area (Å²) in [6.07, 6.45) is 1.28. The van der Waals surface area contributed by atoms with Crippen molar-refractivity contribution in [1.82, 2.24) is 0 Å². The van der Waals surface area contributed by atoms with Crippen LogP contribution in [0.4, 0.5) is 11.4 Å². The summed E-state index contributed by atoms with van der Waals surface area (Å²) in [7, 11) is 0. The molecule has 0 fully saturated rings. The lowest BCUT2D eigenvalue weighted by atomic mass is 9.99. The minimum atomic E-state index is -2.00. The van der Waals surface area contributed by atoms with Crippen molar-refractivity contribution in [3.63, 3.8) is 0 Å². The number of amides is 2. The summed E-state index contributed by atoms with van der Waals surface area (Å²) in [4.78, 5) is 39.6. The predicted octanol–water partition coefficient (Wildman–Crippen LogP) is 3.47. The van der Waals surface area contributed by atoms with E-state index in [1.54, 1.807) is 36.4 Å². The monoisotopic (exact) mass is 434 g/mol. The van der Waals surface area contributed by atoms with E-state index in [0.29, 0.717) is 10.6 Å². The second-order valence-corrected chi connectivity index (χ2v) is 8.09. The van der Waals surface area contributed by atoms with Crippen molar-refractivity contribution in [2.24, 2.45) is 0 Å². The van der Waals surface area contributed by atoms with E-state index in [1.807, 2.05) is 0 Å². The molecule has 8 nitrogen and oxygen atoms in total. The molecule has 0 radical (unpaired) electrons. The Morgan fingerprint density at radius 3 is 2.48 bits per heavy atom. The fourth-order valence-corrected chi connectivity index (χ4v) is 5.14. The van der Waals surface area contributed by atoms with Gasteiger partial charge in [0.2, 0.25) is 10.7 Å². The molecule has 0 bridgehead atoms. The smallest absolute Gasteiger partial charge is 0.295 e. The number of phenolic OH excluding ortho intramolecular Hbond substituents is 1. The summed E-state index contributed by atoms with van der Waals surface area (Å²) >= 11 is 0.929. The van der Waals surface area contributed by atoms with Crippen molar-refractivity contribution in [3.8, 4) is 5.75 Å². The second kappa shape index (κ2) is 6.78. The van der Waals surface area contributed by atoms with Crippen LogP contribution in [0.5, 0.6) is 5.75 Å². The molecule has 0 saturated carbocycles. The van der Waals surface area contributed by atoms with E-state index in [0.717, 1.165) is 16.7 Å². The molecule has 1 atom stereocenters. The van der Waals surface area contributed by atoms with Gasteiger partial charge in [-0.15, -0.1) is 0 Å². The number of ketones is 1. The number of Topliss-reactive ketones (excluding diaryl/α,β-unsaturated/α-hetero) is 1. The van der Waals surface area contributed by atoms with Gasteiger partial charge in [0, 0.05) is 4.90 Å². The first-order chi connectivity index (χ1) is 14.9. The van der Waals surface area contributed by atoms with E-state index in [9.17, 15) is 24.6 Å². The average molecular weight is 434 g/mol. The maximum Gasteiger partial charge on any atom is 0.295 e. The molecule has 1 spiro atoms. The number of aliphatic hydroxyl groups excluding tert-OH is 1. The Morgan fingerprint density at radius 1 is 1.00 bits per heavy atom. The number of fused-ring (bicyclic) bond motifs is 1. The quantitative estimate of drug-likeness (QED) is 0.540. The Bertz CT molecular complexity index is 1280. The summed E-state index contributed by atoms with van der Waals surface area (Å²) in [5, 5.41) is 23.9. The number of carbonyl (C=O) groups excluding carboxylic acids is 3. The highest BCUT2D eigenvalue weighted by Gasteiger charge is 2.63. The molecule has 0 aliphatic carbocycles. The van der Waals surface area contributed by atoms with Gasteiger partial charge in [-0.1, -0.05) is 36.0 Å². The summed E-state index contributed by atoms with van der Waals surface area (Å²) in [5.74, 6) is -3.82. The van der Waals surface area contributed by atoms with Crippen LogP contribution < -0.4 is 10.2 Å². The van der Waals surface area contributed by atoms with Gasteiger partial charge in [-0.05, 0) is 36.4 Å². The number of carbonyl (C=O) groups is 3. The highest BCUT2D eigenvalue weighted by atomic mass is 32.2. The second-order valence-electron chi connectivity index (χ2n) is 6.86. The molecule has 1 aromatic heterocycles. The molecule has 2 aromatic carbocycles. The number of aliphatic hydroxyl groups is 1. The SMILES string of the molecule is O=C(C1=C(O)C(=O)N(c2ccccc2O)C12Sc1ccccc1NC2=O)c1ccco1. The van der Waals surface area contributed by atoms with Crippen LogP contribution in [-0.4, -0.2) is 32.7 Å². The van der Waals surface area contributed by atoms with Crippen LogP contribution in [0.3, 0.4) is 0 Å². The molecule has 5 rings (SSSR count). The normalized spacial score (nSPS) is 20.2. The number of aromatic hydroxyl groups is 1. The molecule has 1 unspecified atom stereocenters. The topological polar surface area (TPSA) is 120 Å². The molecule has 3 aromatic rings. The largest absolute Gasteiger partial charge is 0.506 e. The number of furan rings is 1. The van der Waals surface area contributed by atoms with Crippen LogP contribution in [0.25, 0.3) is 0 Å². The molecule has 154 valence electrons. The first-order valence-electron chi connectivity index (χ1n) is 9.19. The molecule has 9 heteroatoms. The molecule has 0 saturated heterocycles. The van der Waals surface area contributed by atoms with Gasteiger partial charge >= 0.3 is 0 Å². The standard InChI is InChI=1S/C22H14N2O6S/c25-14-8-3-2-7-13(14)24-20(28)19(27)17(18(26)15-9-5-11-30-15)22(24)21(29)23-12-6-1-4-10-16(12)31-22/h1-11,25,27H,(H,23,29). The number of benzene rings is 2. The Kier molecular flexibility index (Phi) is 4.16. The van der Waals surface area contributed by atoms with Gasteiger partial charge in [-0.3, -0.25) is 19.3 Å². The lowest BCUT2D eigenvalue weighted by Crippen LogP contribution is -2.57. The minimum absolute atomic E-state index is 0.0247. The van der Waals surface area contributed by atoms with Gasteiger partial charge in [-0.25, -0.2) is 0 Å². The first kappa shape index (κ1) is 19.0. The Morgan fingerprint density at radius 2 is 1.74 bits per heavy atom. The third-order valence-corrected chi connectivity index (χ3v) is 6.54. The maximum absolute atomic E-state index is 13.5. The zero-order valence-electron chi connectivity index (χ0n) is 15.7. The molecule has 3 heterocycles. The van der Waals surface area contributed by atoms with Crippen molar-refractivity contribution in [2.75, 3.05) is 10.2 Å². The first-order valence-corrected chi connectivity index (χ1v) is 10.0. The van der Waals surface area contributed by atoms with Gasteiger partial charge in [0.15, 0.2) is 11.5 Å². The van der Waals surface area contributed by atoms with Crippen molar-refractivity contribution >= 4 is 40.7 Å². The van der Waals surface area contributed by atoms with Crippen molar-refractivity contribution in [1.29, 1.82) is 0 Å². The van der Waals surface area contributed by atoms with Crippen LogP contribution in [0, 0.1) is 0 Å². The Hall–Kier alpha value is -3.98. The number of phenols is 1. The molecule has 2 aliphatic heterocycles. The van der Waals surface area contributed by atoms with Crippen molar-refractivity contribution in [3.05, 3.63) is 84.0 Å². The van der Waals surface area contributed by atoms with Gasteiger partial charge in [0.25, 0.3) is 11.8 Å². The Balaban J connectivity index is 1.78. The van der Waals surface area contributed by atoms with Crippen LogP contribution >= 0.6 is 11.8 Å². The highest BCUT2D eigenvalue weighted by molar-refractivity contribution is 8.02. The fraction of sp³-hybridized carbons (Fsp3) is 0.0455. The minimum Gasteiger partial charge on any atom is -0.506 e. The highest BCUT2D eigenvalue weighted by Crippen LogP contribution is 2.55. The summed E-state index contributed by atoms with van der Waals surface area (Å²) in [5.41, 5.74) is 0.0417. The van der Waals surface area contributed by atoms with E-state index in [2.05, 4.69) is 5.32 Å². The van der Waals surface area contributed by atoms with E-state index in [4.69, 9.17) is 4.42 Å². The predicted molar refractivity (Wildman–Crippen MR) is 112 cm³/mol. The lowest BCUT2D eigenvalue weighted by molar-refractivity contribution is -0.121. The zero-order chi connectivity index (χ0) is 21.8. The van der Waals surface area contributed by atoms with E-state index >= 15 is 0 Å². The van der Waals surface area contributed by atoms with Crippen LogP contribution in [-0.2, 0) is 9.59 Å². The molecular formula is C22H14N2O6S. The number of rotatable bonds is 3. The summed E-state index contributed by atoms with van der Waals surface area (Å²) in [6.45, 7) is 0. The third kappa shape index (κ3) is 2.60. The zero-order valence-corrected chi connectivity index (χ0v) is 16.6. The number of anilines is 2. The van der Waals surface area contributed by atoms with Crippen molar-refractivity contribution < 1.29 is 29.0 Å². The summed E-state index contributed by atoms with van der Waals surface area (Å²) < 4.78 is 5.18. The molecule has 2 aliphatic rings. The van der Waals surface area contributed by atoms with Crippen LogP contribution in [0.15, 0.2) is 87.6 Å². The van der Waals surface area contributed by atoms with Gasteiger partial charge in [0.1, 0.15) is 5.75 Å². The van der Waals surface area contributed by atoms with E-state index in [-0.39, 0.29) is 17.2 Å². The van der Waals surface area contributed by atoms with Crippen LogP contribution in [0.1, 0.15) is 10.6 Å².